The second kappa shape index (κ2) is 10.3. The Hall–Kier alpha value is -1.51. The lowest BCUT2D eigenvalue weighted by Crippen LogP contribution is -2.12. The Morgan fingerprint density at radius 3 is 2.00 bits per heavy atom. The second-order valence-corrected chi connectivity index (χ2v) is 5.97. The lowest BCUT2D eigenvalue weighted by Gasteiger charge is -2.19. The Morgan fingerprint density at radius 2 is 1.45 bits per heavy atom. The third-order valence-corrected chi connectivity index (χ3v) is 4.13. The number of rotatable bonds is 10. The molecule has 0 aliphatic heterocycles. The molecule has 0 aliphatic carbocycles. The zero-order valence-electron chi connectivity index (χ0n) is 14.4. The van der Waals surface area contributed by atoms with Gasteiger partial charge in [-0.2, -0.15) is 0 Å². The Bertz CT molecular complexity index is 469. The van der Waals surface area contributed by atoms with Crippen molar-refractivity contribution in [2.45, 2.75) is 78.6 Å². The zero-order chi connectivity index (χ0) is 16.4. The number of carbonyl (C=O) groups is 1. The Labute approximate surface area is 135 Å². The van der Waals surface area contributed by atoms with E-state index in [0.717, 1.165) is 50.6 Å². The van der Waals surface area contributed by atoms with Gasteiger partial charge in [-0.05, 0) is 61.3 Å². The first kappa shape index (κ1) is 18.5. The van der Waals surface area contributed by atoms with Crippen LogP contribution in [0.25, 0.3) is 0 Å². The van der Waals surface area contributed by atoms with E-state index >= 15 is 0 Å². The van der Waals surface area contributed by atoms with Crippen molar-refractivity contribution in [2.24, 2.45) is 0 Å². The molecule has 3 nitrogen and oxygen atoms in total. The van der Waals surface area contributed by atoms with Gasteiger partial charge in [0, 0.05) is 5.69 Å². The summed E-state index contributed by atoms with van der Waals surface area (Å²) in [5.74, 6) is 0. The highest BCUT2D eigenvalue weighted by atomic mass is 16.4. The fraction of sp³-hybridized carbons (Fsp3) is 0.632. The maximum atomic E-state index is 11.1. The molecule has 2 N–H and O–H groups in total. The predicted molar refractivity (Wildman–Crippen MR) is 93.9 cm³/mol. The quantitative estimate of drug-likeness (QED) is 0.573. The van der Waals surface area contributed by atoms with Gasteiger partial charge in [-0.25, -0.2) is 4.79 Å². The first-order valence-electron chi connectivity index (χ1n) is 8.77. The van der Waals surface area contributed by atoms with Crippen LogP contribution in [0.15, 0.2) is 12.1 Å². The van der Waals surface area contributed by atoms with E-state index in [1.54, 1.807) is 0 Å². The molecule has 0 fully saturated rings. The van der Waals surface area contributed by atoms with E-state index < -0.39 is 6.09 Å². The molecule has 0 saturated carbocycles. The maximum Gasteiger partial charge on any atom is 0.409 e. The number of hydrogen-bond donors (Lipinski definition) is 2. The molecule has 1 aromatic rings. The van der Waals surface area contributed by atoms with E-state index in [1.807, 2.05) is 6.07 Å². The Kier molecular flexibility index (Phi) is 8.64. The number of nitrogens with one attached hydrogen (secondary N) is 1. The summed E-state index contributed by atoms with van der Waals surface area (Å²) in [6.45, 7) is 6.60. The molecule has 124 valence electrons. The molecule has 0 aliphatic rings. The average Bonchev–Trinajstić information content (AvgIpc) is 2.50. The standard InChI is InChI=1S/C19H31NO2/c1-4-7-10-15-13-14-18(20-19(21)22)17(12-9-6-3)16(15)11-8-5-2/h13-14,20H,4-12H2,1-3H3,(H,21,22). The van der Waals surface area contributed by atoms with Gasteiger partial charge in [0.1, 0.15) is 0 Å². The fourth-order valence-electron chi connectivity index (χ4n) is 2.88. The lowest BCUT2D eigenvalue weighted by atomic mass is 9.89. The molecule has 0 heterocycles. The topological polar surface area (TPSA) is 49.3 Å². The van der Waals surface area contributed by atoms with E-state index in [4.69, 9.17) is 5.11 Å². The molecule has 0 spiro atoms. The normalized spacial score (nSPS) is 10.7. The van der Waals surface area contributed by atoms with E-state index in [2.05, 4.69) is 32.2 Å². The van der Waals surface area contributed by atoms with Gasteiger partial charge >= 0.3 is 6.09 Å². The van der Waals surface area contributed by atoms with Crippen LogP contribution in [-0.2, 0) is 19.3 Å². The Balaban J connectivity index is 3.19. The predicted octanol–water partition coefficient (Wildman–Crippen LogP) is 5.80. The zero-order valence-corrected chi connectivity index (χ0v) is 14.4. The third kappa shape index (κ3) is 5.70. The third-order valence-electron chi connectivity index (χ3n) is 4.13. The van der Waals surface area contributed by atoms with Crippen LogP contribution in [0.4, 0.5) is 10.5 Å². The molecule has 0 saturated heterocycles. The molecule has 1 aromatic carbocycles. The summed E-state index contributed by atoms with van der Waals surface area (Å²) >= 11 is 0. The van der Waals surface area contributed by atoms with Gasteiger partial charge in [0.05, 0.1) is 0 Å². The van der Waals surface area contributed by atoms with E-state index in [9.17, 15) is 4.79 Å². The van der Waals surface area contributed by atoms with Crippen molar-refractivity contribution < 1.29 is 9.90 Å². The number of anilines is 1. The van der Waals surface area contributed by atoms with E-state index in [-0.39, 0.29) is 0 Å². The highest BCUT2D eigenvalue weighted by Gasteiger charge is 2.14. The number of carboxylic acid groups (broad SMARTS) is 1. The largest absolute Gasteiger partial charge is 0.465 e. The van der Waals surface area contributed by atoms with Crippen LogP contribution in [-0.4, -0.2) is 11.2 Å². The van der Waals surface area contributed by atoms with Crippen molar-refractivity contribution in [3.63, 3.8) is 0 Å². The van der Waals surface area contributed by atoms with Gasteiger partial charge in [0.25, 0.3) is 0 Å². The molecule has 22 heavy (non-hydrogen) atoms. The molecule has 1 amide bonds. The number of amides is 1. The summed E-state index contributed by atoms with van der Waals surface area (Å²) in [7, 11) is 0. The second-order valence-electron chi connectivity index (χ2n) is 5.97. The molecular formula is C19H31NO2. The number of hydrogen-bond acceptors (Lipinski definition) is 1. The average molecular weight is 305 g/mol. The van der Waals surface area contributed by atoms with Crippen LogP contribution in [0, 0.1) is 0 Å². The molecule has 0 atom stereocenters. The molecule has 3 heteroatoms. The van der Waals surface area contributed by atoms with Crippen molar-refractivity contribution in [3.8, 4) is 0 Å². The van der Waals surface area contributed by atoms with Crippen molar-refractivity contribution in [1.29, 1.82) is 0 Å². The summed E-state index contributed by atoms with van der Waals surface area (Å²) in [6, 6.07) is 4.08. The van der Waals surface area contributed by atoms with Crippen LogP contribution in [0.1, 0.15) is 76.0 Å². The summed E-state index contributed by atoms with van der Waals surface area (Å²) in [5.41, 5.74) is 4.82. The van der Waals surface area contributed by atoms with Crippen LogP contribution in [0.3, 0.4) is 0 Å². The highest BCUT2D eigenvalue weighted by Crippen LogP contribution is 2.28. The fourth-order valence-corrected chi connectivity index (χ4v) is 2.88. The van der Waals surface area contributed by atoms with Gasteiger partial charge in [-0.15, -0.1) is 0 Å². The van der Waals surface area contributed by atoms with Gasteiger partial charge < -0.3 is 5.11 Å². The first-order valence-corrected chi connectivity index (χ1v) is 8.77. The van der Waals surface area contributed by atoms with Crippen LogP contribution >= 0.6 is 0 Å². The summed E-state index contributed by atoms with van der Waals surface area (Å²) in [6.07, 6.45) is 9.08. The van der Waals surface area contributed by atoms with Crippen molar-refractivity contribution in [1.82, 2.24) is 0 Å². The molecule has 1 rings (SSSR count). The van der Waals surface area contributed by atoms with Gasteiger partial charge in [0.15, 0.2) is 0 Å². The SMILES string of the molecule is CCCCc1ccc(NC(=O)O)c(CCCC)c1CCCC. The number of benzene rings is 1. The molecule has 0 unspecified atom stereocenters. The summed E-state index contributed by atoms with van der Waals surface area (Å²) in [5, 5.41) is 11.7. The monoisotopic (exact) mass is 305 g/mol. The lowest BCUT2D eigenvalue weighted by molar-refractivity contribution is 0.209. The molecule has 0 radical (unpaired) electrons. The Morgan fingerprint density at radius 1 is 0.909 bits per heavy atom. The molecule has 0 aromatic heterocycles. The molecular weight excluding hydrogens is 274 g/mol. The van der Waals surface area contributed by atoms with Crippen molar-refractivity contribution >= 4 is 11.8 Å². The highest BCUT2D eigenvalue weighted by molar-refractivity contribution is 5.84. The minimum atomic E-state index is -0.972. The number of aryl methyl sites for hydroxylation is 1. The first-order chi connectivity index (χ1) is 10.6. The number of unbranched alkanes of at least 4 members (excludes halogenated alkanes) is 3. The van der Waals surface area contributed by atoms with Crippen LogP contribution in [0.5, 0.6) is 0 Å². The minimum Gasteiger partial charge on any atom is -0.465 e. The van der Waals surface area contributed by atoms with Gasteiger partial charge in [-0.3, -0.25) is 5.32 Å². The van der Waals surface area contributed by atoms with E-state index in [1.165, 1.54) is 29.5 Å². The molecule has 0 bridgehead atoms. The maximum absolute atomic E-state index is 11.1. The van der Waals surface area contributed by atoms with Crippen LogP contribution in [0.2, 0.25) is 0 Å². The summed E-state index contributed by atoms with van der Waals surface area (Å²) in [4.78, 5) is 11.1. The van der Waals surface area contributed by atoms with Crippen molar-refractivity contribution in [2.75, 3.05) is 5.32 Å². The van der Waals surface area contributed by atoms with Gasteiger partial charge in [-0.1, -0.05) is 46.1 Å². The van der Waals surface area contributed by atoms with Gasteiger partial charge in [0.2, 0.25) is 0 Å². The smallest absolute Gasteiger partial charge is 0.409 e. The summed E-state index contributed by atoms with van der Waals surface area (Å²) < 4.78 is 0. The van der Waals surface area contributed by atoms with E-state index in [0.29, 0.717) is 0 Å². The van der Waals surface area contributed by atoms with Crippen molar-refractivity contribution in [3.05, 3.63) is 28.8 Å². The van der Waals surface area contributed by atoms with Crippen LogP contribution < -0.4 is 5.32 Å². The minimum absolute atomic E-state index is 0.785.